The molecule has 0 atom stereocenters. The molecule has 0 radical (unpaired) electrons. The van der Waals surface area contributed by atoms with E-state index < -0.39 is 17.7 Å². The fraction of sp³-hybridized carbons (Fsp3) is 0.167. The van der Waals surface area contributed by atoms with E-state index in [9.17, 15) is 14.4 Å². The van der Waals surface area contributed by atoms with Gasteiger partial charge in [0.25, 0.3) is 11.8 Å². The Morgan fingerprint density at radius 1 is 1.08 bits per heavy atom. The minimum atomic E-state index is -0.569. The van der Waals surface area contributed by atoms with E-state index >= 15 is 0 Å². The Labute approximate surface area is 159 Å². The molecule has 1 heterocycles. The molecule has 1 N–H and O–H groups in total. The number of carbonyl (C=O) groups excluding carboxylic acids is 3. The van der Waals surface area contributed by atoms with E-state index in [2.05, 4.69) is 5.32 Å². The summed E-state index contributed by atoms with van der Waals surface area (Å²) < 4.78 is 5.12. The summed E-state index contributed by atoms with van der Waals surface area (Å²) in [5.74, 6) is -0.925. The van der Waals surface area contributed by atoms with Gasteiger partial charge in [0.1, 0.15) is 12.3 Å². The van der Waals surface area contributed by atoms with Gasteiger partial charge < -0.3 is 10.1 Å². The Bertz CT molecular complexity index is 873. The van der Waals surface area contributed by atoms with E-state index in [0.717, 1.165) is 10.5 Å². The zero-order chi connectivity index (χ0) is 18.8. The van der Waals surface area contributed by atoms with Crippen LogP contribution in [0.1, 0.15) is 26.3 Å². The molecule has 0 bridgehead atoms. The first-order valence-corrected chi connectivity index (χ1v) is 8.41. The topological polar surface area (TPSA) is 75.7 Å². The fourth-order valence-electron chi connectivity index (χ4n) is 2.61. The van der Waals surface area contributed by atoms with Gasteiger partial charge in [-0.2, -0.15) is 0 Å². The van der Waals surface area contributed by atoms with Gasteiger partial charge in [0.05, 0.1) is 28.3 Å². The van der Waals surface area contributed by atoms with Crippen LogP contribution in [0, 0.1) is 0 Å². The quantitative estimate of drug-likeness (QED) is 0.793. The number of carbonyl (C=O) groups is 3. The molecule has 0 saturated heterocycles. The van der Waals surface area contributed by atoms with Crippen LogP contribution in [0.2, 0.25) is 10.0 Å². The third-order valence-electron chi connectivity index (χ3n) is 3.94. The first-order valence-electron chi connectivity index (χ1n) is 7.65. The van der Waals surface area contributed by atoms with Crippen LogP contribution in [0.4, 0.5) is 0 Å². The van der Waals surface area contributed by atoms with Crippen molar-refractivity contribution < 1.29 is 19.1 Å². The van der Waals surface area contributed by atoms with Gasteiger partial charge in [-0.25, -0.2) is 0 Å². The molecule has 0 aliphatic carbocycles. The number of hydrogen-bond donors (Lipinski definition) is 1. The molecule has 3 amide bonds. The highest BCUT2D eigenvalue weighted by atomic mass is 35.5. The van der Waals surface area contributed by atoms with E-state index in [-0.39, 0.29) is 34.3 Å². The van der Waals surface area contributed by atoms with Crippen LogP contribution < -0.4 is 10.1 Å². The van der Waals surface area contributed by atoms with Crippen LogP contribution in [-0.2, 0) is 11.3 Å². The van der Waals surface area contributed by atoms with E-state index in [4.69, 9.17) is 27.9 Å². The summed E-state index contributed by atoms with van der Waals surface area (Å²) in [5, 5.41) is 3.03. The second kappa shape index (κ2) is 7.35. The molecule has 0 saturated carbocycles. The van der Waals surface area contributed by atoms with Gasteiger partial charge in [-0.1, -0.05) is 35.3 Å². The molecule has 8 heteroatoms. The lowest BCUT2D eigenvalue weighted by molar-refractivity contribution is -0.121. The molecule has 134 valence electrons. The average molecular weight is 393 g/mol. The number of ether oxygens (including phenoxy) is 1. The molecule has 3 rings (SSSR count). The van der Waals surface area contributed by atoms with Crippen molar-refractivity contribution in [2.45, 2.75) is 6.54 Å². The Morgan fingerprint density at radius 2 is 1.69 bits per heavy atom. The third-order valence-corrected chi connectivity index (χ3v) is 4.66. The second-order valence-corrected chi connectivity index (χ2v) is 6.45. The van der Waals surface area contributed by atoms with Gasteiger partial charge in [-0.3, -0.25) is 19.3 Å². The first-order chi connectivity index (χ1) is 12.4. The predicted molar refractivity (Wildman–Crippen MR) is 96.7 cm³/mol. The maximum Gasteiger partial charge on any atom is 0.262 e. The maximum absolute atomic E-state index is 12.4. The van der Waals surface area contributed by atoms with Crippen LogP contribution >= 0.6 is 23.2 Å². The fourth-order valence-corrected chi connectivity index (χ4v) is 2.94. The monoisotopic (exact) mass is 392 g/mol. The smallest absolute Gasteiger partial charge is 0.262 e. The molecule has 0 spiro atoms. The van der Waals surface area contributed by atoms with Gasteiger partial charge in [-0.15, -0.1) is 0 Å². The molecular formula is C18H14Cl2N2O4. The first kappa shape index (κ1) is 18.2. The lowest BCUT2D eigenvalue weighted by Crippen LogP contribution is -2.40. The zero-order valence-corrected chi connectivity index (χ0v) is 15.2. The Morgan fingerprint density at radius 3 is 2.27 bits per heavy atom. The van der Waals surface area contributed by atoms with E-state index in [1.54, 1.807) is 25.3 Å². The summed E-state index contributed by atoms with van der Waals surface area (Å²) in [7, 11) is 1.55. The van der Waals surface area contributed by atoms with Crippen molar-refractivity contribution in [3.8, 4) is 5.75 Å². The van der Waals surface area contributed by atoms with Gasteiger partial charge in [0, 0.05) is 6.54 Å². The molecule has 1 aliphatic heterocycles. The molecular weight excluding hydrogens is 379 g/mol. The Balaban J connectivity index is 1.66. The molecule has 2 aromatic carbocycles. The van der Waals surface area contributed by atoms with Crippen molar-refractivity contribution in [1.82, 2.24) is 10.2 Å². The molecule has 2 aromatic rings. The Hall–Kier alpha value is -2.57. The summed E-state index contributed by atoms with van der Waals surface area (Å²) in [6.07, 6.45) is 0. The molecule has 6 nitrogen and oxygen atoms in total. The van der Waals surface area contributed by atoms with Crippen LogP contribution in [0.5, 0.6) is 5.75 Å². The number of imide groups is 1. The lowest BCUT2D eigenvalue weighted by Gasteiger charge is -2.13. The number of nitrogens with zero attached hydrogens (tertiary/aromatic N) is 1. The summed E-state index contributed by atoms with van der Waals surface area (Å²) in [6, 6.07) is 9.89. The standard InChI is InChI=1S/C18H14Cl2N2O4/c1-26-11-4-2-3-10(5-11)8-21-16(23)9-22-17(24)12-6-14(19)15(20)7-13(12)18(22)25/h2-7H,8-9H2,1H3,(H,21,23). The number of fused-ring (bicyclic) bond motifs is 1. The van der Waals surface area contributed by atoms with Crippen LogP contribution in [0.25, 0.3) is 0 Å². The minimum Gasteiger partial charge on any atom is -0.497 e. The van der Waals surface area contributed by atoms with E-state index in [1.807, 2.05) is 6.07 Å². The largest absolute Gasteiger partial charge is 0.497 e. The van der Waals surface area contributed by atoms with Crippen molar-refractivity contribution in [2.75, 3.05) is 13.7 Å². The van der Waals surface area contributed by atoms with Gasteiger partial charge in [0.2, 0.25) is 5.91 Å². The average Bonchev–Trinajstić information content (AvgIpc) is 2.85. The third kappa shape index (κ3) is 3.52. The predicted octanol–water partition coefficient (Wildman–Crippen LogP) is 2.91. The van der Waals surface area contributed by atoms with Gasteiger partial charge >= 0.3 is 0 Å². The van der Waals surface area contributed by atoms with Crippen molar-refractivity contribution in [2.24, 2.45) is 0 Å². The highest BCUT2D eigenvalue weighted by molar-refractivity contribution is 6.43. The normalized spacial score (nSPS) is 13.0. The second-order valence-electron chi connectivity index (χ2n) is 5.64. The summed E-state index contributed by atoms with van der Waals surface area (Å²) in [4.78, 5) is 37.8. The summed E-state index contributed by atoms with van der Waals surface area (Å²) in [5.41, 5.74) is 1.12. The van der Waals surface area contributed by atoms with Crippen molar-refractivity contribution in [3.63, 3.8) is 0 Å². The van der Waals surface area contributed by atoms with E-state index in [0.29, 0.717) is 5.75 Å². The summed E-state index contributed by atoms with van der Waals surface area (Å²) in [6.45, 7) is -0.136. The van der Waals surface area contributed by atoms with Crippen LogP contribution in [-0.4, -0.2) is 36.3 Å². The van der Waals surface area contributed by atoms with Crippen molar-refractivity contribution >= 4 is 40.9 Å². The molecule has 0 aromatic heterocycles. The zero-order valence-electron chi connectivity index (χ0n) is 13.7. The Kier molecular flexibility index (Phi) is 5.15. The number of methoxy groups -OCH3 is 1. The number of nitrogens with one attached hydrogen (secondary N) is 1. The number of rotatable bonds is 5. The van der Waals surface area contributed by atoms with E-state index in [1.165, 1.54) is 12.1 Å². The van der Waals surface area contributed by atoms with Gasteiger partial charge in [-0.05, 0) is 29.8 Å². The van der Waals surface area contributed by atoms with Crippen molar-refractivity contribution in [3.05, 3.63) is 63.1 Å². The number of hydrogen-bond acceptors (Lipinski definition) is 4. The van der Waals surface area contributed by atoms with Gasteiger partial charge in [0.15, 0.2) is 0 Å². The van der Waals surface area contributed by atoms with Crippen LogP contribution in [0.15, 0.2) is 36.4 Å². The SMILES string of the molecule is COc1cccc(CNC(=O)CN2C(=O)c3cc(Cl)c(Cl)cc3C2=O)c1. The van der Waals surface area contributed by atoms with Crippen LogP contribution in [0.3, 0.4) is 0 Å². The highest BCUT2D eigenvalue weighted by Crippen LogP contribution is 2.31. The molecule has 0 fully saturated rings. The number of benzene rings is 2. The molecule has 1 aliphatic rings. The maximum atomic E-state index is 12.4. The summed E-state index contributed by atoms with van der Waals surface area (Å²) >= 11 is 11.8. The lowest BCUT2D eigenvalue weighted by atomic mass is 10.1. The van der Waals surface area contributed by atoms with Crippen molar-refractivity contribution in [1.29, 1.82) is 0 Å². The minimum absolute atomic E-state index is 0.144. The molecule has 0 unspecified atom stereocenters. The highest BCUT2D eigenvalue weighted by Gasteiger charge is 2.37. The molecule has 26 heavy (non-hydrogen) atoms. The number of amides is 3. The number of halogens is 2.